The van der Waals surface area contributed by atoms with Crippen LogP contribution in [-0.2, 0) is 4.79 Å². The summed E-state index contributed by atoms with van der Waals surface area (Å²) >= 11 is 3.47. The Morgan fingerprint density at radius 2 is 1.91 bits per heavy atom. The predicted molar refractivity (Wildman–Crippen MR) is 93.0 cm³/mol. The lowest BCUT2D eigenvalue weighted by Crippen LogP contribution is -2.51. The lowest BCUT2D eigenvalue weighted by molar-refractivity contribution is -0.126. The van der Waals surface area contributed by atoms with Crippen molar-refractivity contribution in [3.63, 3.8) is 0 Å². The van der Waals surface area contributed by atoms with E-state index in [1.165, 1.54) is 38.5 Å². The average Bonchev–Trinajstić information content (AvgIpc) is 2.82. The first-order chi connectivity index (χ1) is 10.9. The summed E-state index contributed by atoms with van der Waals surface area (Å²) in [6, 6.07) is -0.256. The van der Waals surface area contributed by atoms with E-state index >= 15 is 0 Å². The van der Waals surface area contributed by atoms with Crippen LogP contribution in [0.4, 0.5) is 0 Å². The van der Waals surface area contributed by atoms with Gasteiger partial charge in [0.2, 0.25) is 5.91 Å². The highest BCUT2D eigenvalue weighted by Crippen LogP contribution is 2.59. The Kier molecular flexibility index (Phi) is 3.82. The molecule has 1 heterocycles. The van der Waals surface area contributed by atoms with Gasteiger partial charge in [0.25, 0.3) is 0 Å². The average molecular weight is 380 g/mol. The maximum absolute atomic E-state index is 12.6. The van der Waals surface area contributed by atoms with Crippen LogP contribution in [0.2, 0.25) is 0 Å². The van der Waals surface area contributed by atoms with E-state index in [0.29, 0.717) is 5.41 Å². The molecular formula is C18H26BrN3O. The monoisotopic (exact) mass is 379 g/mol. The summed E-state index contributed by atoms with van der Waals surface area (Å²) in [7, 11) is 0. The molecule has 0 aliphatic heterocycles. The molecule has 4 nitrogen and oxygen atoms in total. The van der Waals surface area contributed by atoms with Gasteiger partial charge in [0, 0.05) is 12.7 Å². The van der Waals surface area contributed by atoms with Crippen molar-refractivity contribution in [3.05, 3.63) is 16.4 Å². The fraction of sp³-hybridized carbons (Fsp3) is 0.778. The first-order valence-corrected chi connectivity index (χ1v) is 9.72. The number of hydrogen-bond acceptors (Lipinski definition) is 2. The van der Waals surface area contributed by atoms with Crippen LogP contribution in [0, 0.1) is 30.1 Å². The summed E-state index contributed by atoms with van der Waals surface area (Å²) in [4.78, 5) is 12.6. The second kappa shape index (κ2) is 5.61. The third-order valence-corrected chi connectivity index (χ3v) is 7.21. The van der Waals surface area contributed by atoms with Crippen LogP contribution in [0.5, 0.6) is 0 Å². The van der Waals surface area contributed by atoms with Crippen LogP contribution < -0.4 is 5.32 Å². The van der Waals surface area contributed by atoms with E-state index in [-0.39, 0.29) is 11.9 Å². The number of nitrogens with zero attached hydrogens (tertiary/aromatic N) is 2. The van der Waals surface area contributed by atoms with Crippen LogP contribution in [-0.4, -0.2) is 22.2 Å². The quantitative estimate of drug-likeness (QED) is 0.863. The lowest BCUT2D eigenvalue weighted by Gasteiger charge is -2.57. The Morgan fingerprint density at radius 1 is 1.35 bits per heavy atom. The molecule has 4 bridgehead atoms. The minimum atomic E-state index is -0.256. The lowest BCUT2D eigenvalue weighted by atomic mass is 9.49. The van der Waals surface area contributed by atoms with Crippen LogP contribution in [0.15, 0.2) is 10.7 Å². The number of carbonyl (C=O) groups excluding carboxylic acids is 1. The SMILES string of the molecule is Cc1nn(C(C)C(=O)NCC23CC4CC(CC(C4)C2)C3)cc1Br. The normalized spacial score (nSPS) is 36.2. The van der Waals surface area contributed by atoms with Crippen molar-refractivity contribution in [1.82, 2.24) is 15.1 Å². The molecule has 1 aromatic heterocycles. The molecule has 0 radical (unpaired) electrons. The molecule has 5 rings (SSSR count). The van der Waals surface area contributed by atoms with Gasteiger partial charge in [-0.2, -0.15) is 5.10 Å². The number of nitrogens with one attached hydrogen (secondary N) is 1. The second-order valence-corrected chi connectivity index (χ2v) is 9.21. The summed E-state index contributed by atoms with van der Waals surface area (Å²) in [6.07, 6.45) is 10.2. The number of aromatic nitrogens is 2. The van der Waals surface area contributed by atoms with Crippen LogP contribution in [0.25, 0.3) is 0 Å². The van der Waals surface area contributed by atoms with Crippen LogP contribution in [0.1, 0.15) is 57.2 Å². The number of hydrogen-bond donors (Lipinski definition) is 1. The van der Waals surface area contributed by atoms with Gasteiger partial charge in [-0.25, -0.2) is 0 Å². The number of halogens is 1. The number of rotatable bonds is 4. The first-order valence-electron chi connectivity index (χ1n) is 8.93. The fourth-order valence-corrected chi connectivity index (χ4v) is 6.00. The molecular weight excluding hydrogens is 354 g/mol. The summed E-state index contributed by atoms with van der Waals surface area (Å²) in [6.45, 7) is 4.73. The number of amides is 1. The van der Waals surface area contributed by atoms with Crippen LogP contribution in [0.3, 0.4) is 0 Å². The van der Waals surface area contributed by atoms with E-state index in [0.717, 1.165) is 34.5 Å². The summed E-state index contributed by atoms with van der Waals surface area (Å²) in [5.74, 6) is 2.89. The standard InChI is InChI=1S/C18H26BrN3O/c1-11-16(19)9-22(21-11)12(2)17(23)20-10-18-6-13-3-14(7-18)5-15(4-13)8-18/h9,12-15H,3-8,10H2,1-2H3,(H,20,23). The van der Waals surface area contributed by atoms with E-state index < -0.39 is 0 Å². The van der Waals surface area contributed by atoms with Gasteiger partial charge in [-0.1, -0.05) is 0 Å². The van der Waals surface area contributed by atoms with Gasteiger partial charge in [0.15, 0.2) is 0 Å². The van der Waals surface area contributed by atoms with E-state index in [4.69, 9.17) is 0 Å². The Bertz CT molecular complexity index is 569. The minimum absolute atomic E-state index is 0.0933. The van der Waals surface area contributed by atoms with Crippen molar-refractivity contribution in [2.45, 2.75) is 58.4 Å². The Hall–Kier alpha value is -0.840. The topological polar surface area (TPSA) is 46.9 Å². The summed E-state index contributed by atoms with van der Waals surface area (Å²) in [5, 5.41) is 7.67. The molecule has 1 amide bonds. The van der Waals surface area contributed by atoms with E-state index in [1.807, 2.05) is 20.0 Å². The molecule has 4 aliphatic carbocycles. The van der Waals surface area contributed by atoms with Crippen molar-refractivity contribution in [2.75, 3.05) is 6.54 Å². The second-order valence-electron chi connectivity index (χ2n) is 8.35. The molecule has 23 heavy (non-hydrogen) atoms. The maximum atomic E-state index is 12.6. The zero-order valence-corrected chi connectivity index (χ0v) is 15.6. The van der Waals surface area contributed by atoms with Gasteiger partial charge in [-0.15, -0.1) is 0 Å². The minimum Gasteiger partial charge on any atom is -0.354 e. The third-order valence-electron chi connectivity index (χ3n) is 6.44. The molecule has 4 fully saturated rings. The zero-order chi connectivity index (χ0) is 16.2. The Labute approximate surface area is 146 Å². The summed E-state index contributed by atoms with van der Waals surface area (Å²) < 4.78 is 2.72. The molecule has 0 spiro atoms. The molecule has 126 valence electrons. The van der Waals surface area contributed by atoms with Gasteiger partial charge < -0.3 is 5.32 Å². The van der Waals surface area contributed by atoms with Crippen molar-refractivity contribution in [1.29, 1.82) is 0 Å². The molecule has 1 unspecified atom stereocenters. The van der Waals surface area contributed by atoms with Crippen molar-refractivity contribution >= 4 is 21.8 Å². The smallest absolute Gasteiger partial charge is 0.244 e. The zero-order valence-electron chi connectivity index (χ0n) is 14.0. The molecule has 1 N–H and O–H groups in total. The largest absolute Gasteiger partial charge is 0.354 e. The van der Waals surface area contributed by atoms with Gasteiger partial charge in [0.05, 0.1) is 10.2 Å². The molecule has 1 aromatic rings. The van der Waals surface area contributed by atoms with Gasteiger partial charge in [-0.3, -0.25) is 9.48 Å². The number of carbonyl (C=O) groups is 1. The number of aryl methyl sites for hydroxylation is 1. The first kappa shape index (κ1) is 15.7. The van der Waals surface area contributed by atoms with Gasteiger partial charge in [0.1, 0.15) is 6.04 Å². The highest BCUT2D eigenvalue weighted by molar-refractivity contribution is 9.10. The van der Waals surface area contributed by atoms with E-state index in [2.05, 4.69) is 26.3 Å². The fourth-order valence-electron chi connectivity index (χ4n) is 5.71. The molecule has 4 aliphatic rings. The van der Waals surface area contributed by atoms with Gasteiger partial charge in [-0.05, 0) is 91.5 Å². The molecule has 1 atom stereocenters. The molecule has 0 saturated heterocycles. The van der Waals surface area contributed by atoms with E-state index in [9.17, 15) is 4.79 Å². The Balaban J connectivity index is 1.40. The molecule has 0 aromatic carbocycles. The van der Waals surface area contributed by atoms with E-state index in [1.54, 1.807) is 4.68 Å². The van der Waals surface area contributed by atoms with Crippen molar-refractivity contribution in [2.24, 2.45) is 23.2 Å². The van der Waals surface area contributed by atoms with Gasteiger partial charge >= 0.3 is 0 Å². The highest BCUT2D eigenvalue weighted by Gasteiger charge is 2.50. The molecule has 4 saturated carbocycles. The van der Waals surface area contributed by atoms with Crippen LogP contribution >= 0.6 is 15.9 Å². The summed E-state index contributed by atoms with van der Waals surface area (Å²) in [5.41, 5.74) is 1.32. The van der Waals surface area contributed by atoms with Crippen molar-refractivity contribution < 1.29 is 4.79 Å². The van der Waals surface area contributed by atoms with Crippen molar-refractivity contribution in [3.8, 4) is 0 Å². The molecule has 5 heteroatoms. The highest BCUT2D eigenvalue weighted by atomic mass is 79.9. The third kappa shape index (κ3) is 2.86. The Morgan fingerprint density at radius 3 is 2.39 bits per heavy atom. The maximum Gasteiger partial charge on any atom is 0.244 e. The predicted octanol–water partition coefficient (Wildman–Crippen LogP) is 3.85.